The highest BCUT2D eigenvalue weighted by Gasteiger charge is 2.07. The van der Waals surface area contributed by atoms with Gasteiger partial charge in [0, 0.05) is 11.1 Å². The molecule has 0 N–H and O–H groups in total. The molecule has 19 heavy (non-hydrogen) atoms. The summed E-state index contributed by atoms with van der Waals surface area (Å²) in [6.07, 6.45) is 1.73. The van der Waals surface area contributed by atoms with Gasteiger partial charge >= 0.3 is 0 Å². The Hall–Kier alpha value is -2.29. The zero-order chi connectivity index (χ0) is 13.5. The Balaban J connectivity index is 2.44. The van der Waals surface area contributed by atoms with E-state index in [1.165, 1.54) is 0 Å². The van der Waals surface area contributed by atoms with Gasteiger partial charge in [-0.2, -0.15) is 0 Å². The molecule has 0 saturated carbocycles. The summed E-state index contributed by atoms with van der Waals surface area (Å²) in [4.78, 5) is 5.02. The fourth-order valence-corrected chi connectivity index (χ4v) is 1.89. The van der Waals surface area contributed by atoms with E-state index in [0.717, 1.165) is 22.4 Å². The third-order valence-corrected chi connectivity index (χ3v) is 2.75. The molecule has 3 nitrogen and oxygen atoms in total. The first kappa shape index (κ1) is 13.1. The molecule has 0 radical (unpaired) electrons. The first-order valence-corrected chi connectivity index (χ1v) is 6.24. The molecular formula is C16H17NO2. The van der Waals surface area contributed by atoms with Gasteiger partial charge in [0.2, 0.25) is 0 Å². The van der Waals surface area contributed by atoms with E-state index in [2.05, 4.69) is 5.16 Å². The molecular weight excluding hydrogens is 238 g/mol. The van der Waals surface area contributed by atoms with E-state index in [9.17, 15) is 0 Å². The van der Waals surface area contributed by atoms with Crippen molar-refractivity contribution in [3.63, 3.8) is 0 Å². The summed E-state index contributed by atoms with van der Waals surface area (Å²) in [6, 6.07) is 16.0. The smallest absolute Gasteiger partial charge is 0.126 e. The van der Waals surface area contributed by atoms with E-state index in [0.29, 0.717) is 6.61 Å². The normalized spacial score (nSPS) is 10.6. The summed E-state index contributed by atoms with van der Waals surface area (Å²) in [5, 5.41) is 3.94. The van der Waals surface area contributed by atoms with Gasteiger partial charge in [-0.3, -0.25) is 0 Å². The van der Waals surface area contributed by atoms with Crippen LogP contribution in [0.5, 0.6) is 5.75 Å². The number of oxime groups is 1. The Morgan fingerprint density at radius 2 is 1.68 bits per heavy atom. The minimum Gasteiger partial charge on any atom is -0.496 e. The Kier molecular flexibility index (Phi) is 4.56. The molecule has 0 atom stereocenters. The van der Waals surface area contributed by atoms with E-state index >= 15 is 0 Å². The van der Waals surface area contributed by atoms with Gasteiger partial charge in [0.05, 0.1) is 13.3 Å². The molecule has 2 aromatic rings. The summed E-state index contributed by atoms with van der Waals surface area (Å²) in [6.45, 7) is 2.47. The van der Waals surface area contributed by atoms with Gasteiger partial charge in [0.1, 0.15) is 12.4 Å². The standard InChI is InChI=1S/C16H17NO2/c1-3-19-17-12-13-8-4-5-9-14(13)15-10-6-7-11-16(15)18-2/h4-12H,3H2,1-2H3/b17-12+. The second-order valence-corrected chi connectivity index (χ2v) is 3.94. The van der Waals surface area contributed by atoms with Gasteiger partial charge < -0.3 is 9.57 Å². The van der Waals surface area contributed by atoms with Crippen molar-refractivity contribution in [2.75, 3.05) is 13.7 Å². The summed E-state index contributed by atoms with van der Waals surface area (Å²) >= 11 is 0. The summed E-state index contributed by atoms with van der Waals surface area (Å²) in [5.74, 6) is 0.847. The maximum absolute atomic E-state index is 5.40. The van der Waals surface area contributed by atoms with Gasteiger partial charge in [0.15, 0.2) is 0 Å². The SMILES string of the molecule is CCO/N=C/c1ccccc1-c1ccccc1OC. The number of hydrogen-bond acceptors (Lipinski definition) is 3. The number of methoxy groups -OCH3 is 1. The summed E-state index contributed by atoms with van der Waals surface area (Å²) in [7, 11) is 1.68. The first-order chi connectivity index (χ1) is 9.36. The van der Waals surface area contributed by atoms with Crippen molar-refractivity contribution < 1.29 is 9.57 Å². The topological polar surface area (TPSA) is 30.8 Å². The van der Waals surface area contributed by atoms with E-state index in [4.69, 9.17) is 9.57 Å². The van der Waals surface area contributed by atoms with Crippen LogP contribution in [-0.4, -0.2) is 19.9 Å². The van der Waals surface area contributed by atoms with Crippen molar-refractivity contribution in [2.24, 2.45) is 5.16 Å². The zero-order valence-electron chi connectivity index (χ0n) is 11.2. The lowest BCUT2D eigenvalue weighted by molar-refractivity contribution is 0.160. The van der Waals surface area contributed by atoms with Crippen LogP contribution < -0.4 is 4.74 Å². The Labute approximate surface area is 113 Å². The number of ether oxygens (including phenoxy) is 1. The molecule has 0 aliphatic carbocycles. The molecule has 0 amide bonds. The van der Waals surface area contributed by atoms with Crippen LogP contribution in [0.25, 0.3) is 11.1 Å². The Morgan fingerprint density at radius 3 is 2.42 bits per heavy atom. The van der Waals surface area contributed by atoms with E-state index < -0.39 is 0 Å². The van der Waals surface area contributed by atoms with Gasteiger partial charge in [-0.15, -0.1) is 0 Å². The van der Waals surface area contributed by atoms with Crippen LogP contribution in [0.1, 0.15) is 12.5 Å². The molecule has 0 unspecified atom stereocenters. The minimum absolute atomic E-state index is 0.563. The molecule has 0 saturated heterocycles. The van der Waals surface area contributed by atoms with Crippen molar-refractivity contribution in [1.29, 1.82) is 0 Å². The van der Waals surface area contributed by atoms with Gasteiger partial charge in [-0.25, -0.2) is 0 Å². The van der Waals surface area contributed by atoms with Crippen LogP contribution in [0.3, 0.4) is 0 Å². The van der Waals surface area contributed by atoms with E-state index in [1.54, 1.807) is 13.3 Å². The van der Waals surface area contributed by atoms with Crippen LogP contribution in [0.4, 0.5) is 0 Å². The molecule has 0 spiro atoms. The quantitative estimate of drug-likeness (QED) is 0.602. The van der Waals surface area contributed by atoms with Crippen LogP contribution >= 0.6 is 0 Å². The molecule has 0 heterocycles. The highest BCUT2D eigenvalue weighted by molar-refractivity contribution is 5.91. The molecule has 0 aliphatic rings. The summed E-state index contributed by atoms with van der Waals surface area (Å²) < 4.78 is 5.40. The third-order valence-electron chi connectivity index (χ3n) is 2.75. The largest absolute Gasteiger partial charge is 0.496 e. The van der Waals surface area contributed by atoms with Crippen LogP contribution in [-0.2, 0) is 4.84 Å². The van der Waals surface area contributed by atoms with Crippen molar-refractivity contribution >= 4 is 6.21 Å². The van der Waals surface area contributed by atoms with Crippen molar-refractivity contribution in [3.8, 4) is 16.9 Å². The van der Waals surface area contributed by atoms with Crippen LogP contribution in [0.2, 0.25) is 0 Å². The van der Waals surface area contributed by atoms with Crippen molar-refractivity contribution in [1.82, 2.24) is 0 Å². The van der Waals surface area contributed by atoms with Crippen molar-refractivity contribution in [2.45, 2.75) is 6.92 Å². The maximum atomic E-state index is 5.40. The lowest BCUT2D eigenvalue weighted by Gasteiger charge is -2.10. The highest BCUT2D eigenvalue weighted by Crippen LogP contribution is 2.31. The maximum Gasteiger partial charge on any atom is 0.126 e. The van der Waals surface area contributed by atoms with Gasteiger partial charge in [0.25, 0.3) is 0 Å². The van der Waals surface area contributed by atoms with Gasteiger partial charge in [-0.1, -0.05) is 47.6 Å². The molecule has 2 rings (SSSR count). The molecule has 0 fully saturated rings. The third kappa shape index (κ3) is 3.13. The number of hydrogen-bond donors (Lipinski definition) is 0. The number of nitrogens with zero attached hydrogens (tertiary/aromatic N) is 1. The molecule has 0 bridgehead atoms. The second kappa shape index (κ2) is 6.59. The lowest BCUT2D eigenvalue weighted by atomic mass is 9.99. The second-order valence-electron chi connectivity index (χ2n) is 3.94. The summed E-state index contributed by atoms with van der Waals surface area (Å²) in [5.41, 5.74) is 3.12. The first-order valence-electron chi connectivity index (χ1n) is 6.24. The number of benzene rings is 2. The fraction of sp³-hybridized carbons (Fsp3) is 0.188. The Bertz CT molecular complexity index is 564. The average Bonchev–Trinajstić information content (AvgIpc) is 2.48. The molecule has 98 valence electrons. The zero-order valence-corrected chi connectivity index (χ0v) is 11.2. The number of para-hydroxylation sites is 1. The molecule has 2 aromatic carbocycles. The predicted molar refractivity (Wildman–Crippen MR) is 77.7 cm³/mol. The Morgan fingerprint density at radius 1 is 1.00 bits per heavy atom. The predicted octanol–water partition coefficient (Wildman–Crippen LogP) is 3.73. The lowest BCUT2D eigenvalue weighted by Crippen LogP contribution is -1.92. The van der Waals surface area contributed by atoms with Gasteiger partial charge in [-0.05, 0) is 18.6 Å². The average molecular weight is 255 g/mol. The highest BCUT2D eigenvalue weighted by atomic mass is 16.6. The van der Waals surface area contributed by atoms with Crippen molar-refractivity contribution in [3.05, 3.63) is 54.1 Å². The number of rotatable bonds is 5. The molecule has 0 aromatic heterocycles. The minimum atomic E-state index is 0.563. The van der Waals surface area contributed by atoms with E-state index in [-0.39, 0.29) is 0 Å². The monoisotopic (exact) mass is 255 g/mol. The molecule has 3 heteroatoms. The van der Waals surface area contributed by atoms with E-state index in [1.807, 2.05) is 55.5 Å². The van der Waals surface area contributed by atoms with Crippen LogP contribution in [0.15, 0.2) is 53.7 Å². The fourth-order valence-electron chi connectivity index (χ4n) is 1.89. The molecule has 0 aliphatic heterocycles. The van der Waals surface area contributed by atoms with Crippen LogP contribution in [0, 0.1) is 0 Å².